The molecule has 0 bridgehead atoms. The molecule has 1 aromatic heterocycles. The number of pyridine rings is 1. The van der Waals surface area contributed by atoms with E-state index in [2.05, 4.69) is 4.98 Å². The Morgan fingerprint density at radius 3 is 2.38 bits per heavy atom. The van der Waals surface area contributed by atoms with Gasteiger partial charge in [0, 0.05) is 5.56 Å². The maximum absolute atomic E-state index is 14.1. The van der Waals surface area contributed by atoms with Gasteiger partial charge in [-0.15, -0.1) is 0 Å². The summed E-state index contributed by atoms with van der Waals surface area (Å²) in [6.45, 7) is 0. The second-order valence-electron chi connectivity index (χ2n) is 5.28. The predicted molar refractivity (Wildman–Crippen MR) is 92.8 cm³/mol. The van der Waals surface area contributed by atoms with E-state index in [1.54, 1.807) is 36.4 Å². The maximum atomic E-state index is 14.1. The molecule has 0 unspecified atom stereocenters. The molecule has 0 saturated carbocycles. The molecule has 3 rings (SSSR count). The first kappa shape index (κ1) is 16.7. The first-order valence-corrected chi connectivity index (χ1v) is 7.44. The second-order valence-corrected chi connectivity index (χ2v) is 5.28. The van der Waals surface area contributed by atoms with Crippen LogP contribution in [0.2, 0.25) is 0 Å². The van der Waals surface area contributed by atoms with Crippen LogP contribution in [0.15, 0.2) is 53.3 Å². The van der Waals surface area contributed by atoms with Crippen molar-refractivity contribution in [2.45, 2.75) is 0 Å². The number of nitrogens with zero attached hydrogens (tertiary/aromatic N) is 2. The summed E-state index contributed by atoms with van der Waals surface area (Å²) in [5, 5.41) is 18.7. The van der Waals surface area contributed by atoms with Crippen LogP contribution in [0, 0.1) is 28.5 Å². The molecule has 0 aliphatic carbocycles. The van der Waals surface area contributed by atoms with Crippen LogP contribution < -0.4 is 16.0 Å². The SMILES string of the molecule is N#Cc1c(N)[nH]c(=O)c(C#N)c1-c1ccc(F)c(Oc2ccccc2)c1. The van der Waals surface area contributed by atoms with Crippen molar-refractivity contribution in [3.8, 4) is 34.8 Å². The van der Waals surface area contributed by atoms with Gasteiger partial charge in [0.05, 0.1) is 0 Å². The molecule has 0 spiro atoms. The van der Waals surface area contributed by atoms with Gasteiger partial charge in [0.1, 0.15) is 34.8 Å². The van der Waals surface area contributed by atoms with Crippen molar-refractivity contribution < 1.29 is 9.13 Å². The summed E-state index contributed by atoms with van der Waals surface area (Å²) in [5.74, 6) is -0.496. The number of nitrogen functional groups attached to an aromatic ring is 1. The normalized spacial score (nSPS) is 9.96. The highest BCUT2D eigenvalue weighted by atomic mass is 19.1. The molecule has 0 atom stereocenters. The Hall–Kier alpha value is -4.10. The third kappa shape index (κ3) is 2.97. The van der Waals surface area contributed by atoms with E-state index in [0.717, 1.165) is 6.07 Å². The van der Waals surface area contributed by atoms with Crippen LogP contribution in [-0.4, -0.2) is 4.98 Å². The van der Waals surface area contributed by atoms with E-state index in [0.29, 0.717) is 5.75 Å². The third-order valence-electron chi connectivity index (χ3n) is 3.66. The quantitative estimate of drug-likeness (QED) is 0.755. The lowest BCUT2D eigenvalue weighted by molar-refractivity contribution is 0.442. The van der Waals surface area contributed by atoms with E-state index in [1.165, 1.54) is 12.1 Å². The Kier molecular flexibility index (Phi) is 4.38. The van der Waals surface area contributed by atoms with Gasteiger partial charge in [-0.05, 0) is 29.8 Å². The molecule has 0 aliphatic rings. The van der Waals surface area contributed by atoms with Gasteiger partial charge < -0.3 is 15.5 Å². The largest absolute Gasteiger partial charge is 0.454 e. The fraction of sp³-hybridized carbons (Fsp3) is 0. The topological polar surface area (TPSA) is 116 Å². The van der Waals surface area contributed by atoms with Crippen LogP contribution in [0.5, 0.6) is 11.5 Å². The number of nitrogens with two attached hydrogens (primary N) is 1. The van der Waals surface area contributed by atoms with Gasteiger partial charge in [-0.2, -0.15) is 10.5 Å². The Morgan fingerprint density at radius 2 is 1.73 bits per heavy atom. The van der Waals surface area contributed by atoms with Crippen LogP contribution >= 0.6 is 0 Å². The van der Waals surface area contributed by atoms with Crippen molar-refractivity contribution in [2.24, 2.45) is 0 Å². The molecule has 0 aliphatic heterocycles. The van der Waals surface area contributed by atoms with Crippen LogP contribution in [0.3, 0.4) is 0 Å². The average molecular weight is 346 g/mol. The minimum atomic E-state index is -0.728. The standard InChI is InChI=1S/C19H11FN4O2/c20-15-7-6-11(8-16(15)26-12-4-2-1-3-5-12)17-13(9-21)18(23)24-19(25)14(17)10-22/h1-8H,(H3,23,24,25). The molecular formula is C19H11FN4O2. The summed E-state index contributed by atoms with van der Waals surface area (Å²) in [6.07, 6.45) is 0. The Morgan fingerprint density at radius 1 is 1.04 bits per heavy atom. The molecule has 3 aromatic rings. The van der Waals surface area contributed by atoms with Crippen molar-refractivity contribution in [3.63, 3.8) is 0 Å². The van der Waals surface area contributed by atoms with Crippen molar-refractivity contribution in [1.29, 1.82) is 10.5 Å². The van der Waals surface area contributed by atoms with Gasteiger partial charge in [0.2, 0.25) is 0 Å². The molecule has 0 radical (unpaired) electrons. The van der Waals surface area contributed by atoms with Crippen molar-refractivity contribution in [1.82, 2.24) is 4.98 Å². The number of ether oxygens (including phenoxy) is 1. The van der Waals surface area contributed by atoms with Gasteiger partial charge in [0.15, 0.2) is 11.6 Å². The van der Waals surface area contributed by atoms with Crippen molar-refractivity contribution in [3.05, 3.63) is 75.8 Å². The fourth-order valence-corrected chi connectivity index (χ4v) is 2.48. The van der Waals surface area contributed by atoms with Crippen LogP contribution in [0.1, 0.15) is 11.1 Å². The molecule has 0 fully saturated rings. The van der Waals surface area contributed by atoms with E-state index < -0.39 is 11.4 Å². The number of rotatable bonds is 3. The smallest absolute Gasteiger partial charge is 0.268 e. The summed E-state index contributed by atoms with van der Waals surface area (Å²) in [6, 6.07) is 16.0. The fourth-order valence-electron chi connectivity index (χ4n) is 2.48. The molecule has 126 valence electrons. The van der Waals surface area contributed by atoms with E-state index in [1.807, 2.05) is 6.07 Å². The number of benzene rings is 2. The number of hydrogen-bond donors (Lipinski definition) is 2. The zero-order valence-electron chi connectivity index (χ0n) is 13.3. The highest BCUT2D eigenvalue weighted by Crippen LogP contribution is 2.33. The molecular weight excluding hydrogens is 335 g/mol. The highest BCUT2D eigenvalue weighted by Gasteiger charge is 2.19. The monoisotopic (exact) mass is 346 g/mol. The zero-order chi connectivity index (χ0) is 18.7. The summed E-state index contributed by atoms with van der Waals surface area (Å²) >= 11 is 0. The van der Waals surface area contributed by atoms with Crippen LogP contribution in [0.4, 0.5) is 10.2 Å². The van der Waals surface area contributed by atoms with Crippen molar-refractivity contribution in [2.75, 3.05) is 5.73 Å². The molecule has 7 heteroatoms. The third-order valence-corrected chi connectivity index (χ3v) is 3.66. The molecule has 3 N–H and O–H groups in total. The number of hydrogen-bond acceptors (Lipinski definition) is 5. The Labute approximate surface area is 147 Å². The number of nitriles is 2. The number of nitrogens with one attached hydrogen (secondary N) is 1. The number of halogens is 1. The number of para-hydroxylation sites is 1. The van der Waals surface area contributed by atoms with Gasteiger partial charge in [0.25, 0.3) is 5.56 Å². The molecule has 0 amide bonds. The number of H-pyrrole nitrogens is 1. The van der Waals surface area contributed by atoms with E-state index in [-0.39, 0.29) is 33.8 Å². The lowest BCUT2D eigenvalue weighted by atomic mass is 9.96. The summed E-state index contributed by atoms with van der Waals surface area (Å²) in [7, 11) is 0. The number of anilines is 1. The number of aromatic nitrogens is 1. The Bertz CT molecular complexity index is 1130. The predicted octanol–water partition coefficient (Wildman–Crippen LogP) is 3.30. The summed E-state index contributed by atoms with van der Waals surface area (Å²) in [5.41, 5.74) is 4.91. The van der Waals surface area contributed by atoms with Crippen molar-refractivity contribution >= 4 is 5.82 Å². The second kappa shape index (κ2) is 6.80. The van der Waals surface area contributed by atoms with Crippen LogP contribution in [0.25, 0.3) is 11.1 Å². The lowest BCUT2D eigenvalue weighted by Gasteiger charge is -2.12. The number of aromatic amines is 1. The molecule has 26 heavy (non-hydrogen) atoms. The first-order valence-electron chi connectivity index (χ1n) is 7.44. The molecule has 0 saturated heterocycles. The van der Waals surface area contributed by atoms with E-state index >= 15 is 0 Å². The highest BCUT2D eigenvalue weighted by molar-refractivity contribution is 5.80. The van der Waals surface area contributed by atoms with Gasteiger partial charge in [-0.25, -0.2) is 4.39 Å². The zero-order valence-corrected chi connectivity index (χ0v) is 13.3. The molecule has 1 heterocycles. The summed E-state index contributed by atoms with van der Waals surface area (Å²) < 4.78 is 19.7. The maximum Gasteiger partial charge on any atom is 0.268 e. The average Bonchev–Trinajstić information content (AvgIpc) is 2.64. The minimum absolute atomic E-state index is 0.0363. The van der Waals surface area contributed by atoms with E-state index in [9.17, 15) is 19.7 Å². The minimum Gasteiger partial charge on any atom is -0.454 e. The van der Waals surface area contributed by atoms with Crippen LogP contribution in [-0.2, 0) is 0 Å². The molecule has 6 nitrogen and oxygen atoms in total. The lowest BCUT2D eigenvalue weighted by Crippen LogP contribution is -2.16. The Balaban J connectivity index is 2.21. The first-order chi connectivity index (χ1) is 12.5. The molecule has 2 aromatic carbocycles. The van der Waals surface area contributed by atoms with Gasteiger partial charge >= 0.3 is 0 Å². The van der Waals surface area contributed by atoms with Gasteiger partial charge in [-0.3, -0.25) is 4.79 Å². The van der Waals surface area contributed by atoms with E-state index in [4.69, 9.17) is 10.5 Å². The van der Waals surface area contributed by atoms with Gasteiger partial charge in [-0.1, -0.05) is 24.3 Å². The summed E-state index contributed by atoms with van der Waals surface area (Å²) in [4.78, 5) is 14.3.